The first-order valence-electron chi connectivity index (χ1n) is 12.1. The number of nitrogen functional groups attached to an aromatic ring is 2. The molecule has 4 aromatic rings. The number of anilines is 2. The zero-order valence-electron chi connectivity index (χ0n) is 20.6. The number of fused-ring (bicyclic) bond motifs is 2. The van der Waals surface area contributed by atoms with Gasteiger partial charge in [0.1, 0.15) is 18.6 Å². The van der Waals surface area contributed by atoms with Crippen molar-refractivity contribution in [1.82, 2.24) is 39.0 Å². The molecule has 0 aliphatic carbocycles. The summed E-state index contributed by atoms with van der Waals surface area (Å²) in [6.45, 7) is -0.711. The highest BCUT2D eigenvalue weighted by Gasteiger charge is 2.38. The highest BCUT2D eigenvalue weighted by molar-refractivity contribution is 7.47. The summed E-state index contributed by atoms with van der Waals surface area (Å²) in [5.74, 6) is -0.170. The van der Waals surface area contributed by atoms with Crippen molar-refractivity contribution in [2.24, 2.45) is 0 Å². The summed E-state index contributed by atoms with van der Waals surface area (Å²) in [5.41, 5.74) is 10.8. The molecule has 3 unspecified atom stereocenters. The summed E-state index contributed by atoms with van der Waals surface area (Å²) in [6, 6.07) is 0. The van der Waals surface area contributed by atoms with E-state index in [1.165, 1.54) is 17.2 Å². The number of phosphoric acid groups is 1. The fourth-order valence-electron chi connectivity index (χ4n) is 4.74. The fourth-order valence-corrected chi connectivity index (χ4v) is 5.50. The fraction of sp³-hybridized carbons (Fsp3) is 0.500. The number of hydrogen-bond donors (Lipinski definition) is 6. The highest BCUT2D eigenvalue weighted by atomic mass is 31.2. The van der Waals surface area contributed by atoms with E-state index in [1.807, 2.05) is 0 Å². The Labute approximate surface area is 222 Å². The predicted molar refractivity (Wildman–Crippen MR) is 135 cm³/mol. The Morgan fingerprint density at radius 3 is 2.15 bits per heavy atom. The second-order valence-corrected chi connectivity index (χ2v) is 10.8. The van der Waals surface area contributed by atoms with Gasteiger partial charge in [0.05, 0.1) is 38.1 Å². The van der Waals surface area contributed by atoms with Crippen molar-refractivity contribution in [1.29, 1.82) is 0 Å². The van der Waals surface area contributed by atoms with E-state index in [9.17, 15) is 24.2 Å². The van der Waals surface area contributed by atoms with Crippen molar-refractivity contribution in [3.63, 3.8) is 0 Å². The smallest absolute Gasteiger partial charge is 0.390 e. The molecule has 2 aliphatic rings. The monoisotopic (exact) mass is 580 g/mol. The van der Waals surface area contributed by atoms with Gasteiger partial charge < -0.3 is 30.9 Å². The van der Waals surface area contributed by atoms with E-state index in [0.29, 0.717) is 12.8 Å². The van der Waals surface area contributed by atoms with E-state index >= 15 is 0 Å². The number of aromatic nitrogens is 8. The molecule has 19 nitrogen and oxygen atoms in total. The highest BCUT2D eigenvalue weighted by Crippen LogP contribution is 2.45. The lowest BCUT2D eigenvalue weighted by Gasteiger charge is -2.19. The Balaban J connectivity index is 1.03. The van der Waals surface area contributed by atoms with E-state index in [4.69, 9.17) is 30.0 Å². The predicted octanol–water partition coefficient (Wildman–Crippen LogP) is -1.12. The molecular weight excluding hydrogens is 555 g/mol. The van der Waals surface area contributed by atoms with Gasteiger partial charge in [-0.1, -0.05) is 0 Å². The number of nitrogens with two attached hydrogens (primary N) is 2. The van der Waals surface area contributed by atoms with E-state index in [0.717, 1.165) is 0 Å². The first-order valence-corrected chi connectivity index (χ1v) is 13.6. The normalized spacial score (nSPS) is 26.6. The first-order chi connectivity index (χ1) is 19.1. The number of phosphoric ester groups is 1. The topological polar surface area (TPSA) is 274 Å². The minimum absolute atomic E-state index is 0.0481. The third-order valence-corrected chi connectivity index (χ3v) is 7.59. The van der Waals surface area contributed by atoms with Gasteiger partial charge in [0, 0.05) is 6.42 Å². The standard InChI is InChI=1S/C20H25N10O9P/c21-19-25-15-13(17(32)27-19)23-6-29(15)11-2-1-8(38-11)4-36-40(34,35)37-5-10-9(31)3-12(39-10)30-7-24-14-16(30)26-20(22)28-18(14)33/h6-12,31H,1-5H2,(H,34,35)(H3,21,25,27,32)(H3,22,26,28,33)/t8?,9-,10?,11-,12-/m1/s1. The van der Waals surface area contributed by atoms with E-state index in [-0.39, 0.29) is 47.3 Å². The molecule has 6 rings (SSSR count). The molecule has 0 spiro atoms. The summed E-state index contributed by atoms with van der Waals surface area (Å²) < 4.78 is 37.4. The lowest BCUT2D eigenvalue weighted by atomic mass is 10.2. The molecule has 2 aliphatic heterocycles. The lowest BCUT2D eigenvalue weighted by Crippen LogP contribution is -2.26. The minimum atomic E-state index is -4.55. The number of aliphatic hydroxyl groups excluding tert-OH is 1. The quantitative estimate of drug-likeness (QED) is 0.135. The van der Waals surface area contributed by atoms with Crippen LogP contribution >= 0.6 is 7.82 Å². The Kier molecular flexibility index (Phi) is 6.65. The molecule has 0 saturated carbocycles. The number of rotatable bonds is 8. The van der Waals surface area contributed by atoms with Crippen LogP contribution in [-0.4, -0.2) is 80.6 Å². The minimum Gasteiger partial charge on any atom is -0.390 e. The largest absolute Gasteiger partial charge is 0.472 e. The van der Waals surface area contributed by atoms with Gasteiger partial charge in [-0.05, 0) is 12.8 Å². The van der Waals surface area contributed by atoms with Crippen LogP contribution < -0.4 is 22.6 Å². The van der Waals surface area contributed by atoms with Crippen molar-refractivity contribution in [2.75, 3.05) is 24.7 Å². The maximum atomic E-state index is 12.5. The molecule has 8 N–H and O–H groups in total. The third-order valence-electron chi connectivity index (χ3n) is 6.64. The number of aliphatic hydroxyl groups is 1. The van der Waals surface area contributed by atoms with Crippen LogP contribution in [0.25, 0.3) is 22.3 Å². The molecule has 2 fully saturated rings. The van der Waals surface area contributed by atoms with Gasteiger partial charge in [-0.3, -0.25) is 37.7 Å². The maximum absolute atomic E-state index is 12.5. The van der Waals surface area contributed by atoms with Crippen LogP contribution in [-0.2, 0) is 23.1 Å². The van der Waals surface area contributed by atoms with Crippen LogP contribution in [0.15, 0.2) is 22.2 Å². The molecule has 4 aromatic heterocycles. The van der Waals surface area contributed by atoms with Crippen LogP contribution in [0.1, 0.15) is 31.7 Å². The molecule has 0 radical (unpaired) electrons. The molecule has 0 bridgehead atoms. The Bertz CT molecular complexity index is 1730. The number of hydrogen-bond acceptors (Lipinski definition) is 14. The summed E-state index contributed by atoms with van der Waals surface area (Å²) in [7, 11) is -4.55. The van der Waals surface area contributed by atoms with Crippen LogP contribution in [0, 0.1) is 0 Å². The number of imidazole rings is 2. The average molecular weight is 580 g/mol. The first kappa shape index (κ1) is 26.5. The summed E-state index contributed by atoms with van der Waals surface area (Å²) in [4.78, 5) is 55.2. The summed E-state index contributed by atoms with van der Waals surface area (Å²) >= 11 is 0. The van der Waals surface area contributed by atoms with Gasteiger partial charge in [0.2, 0.25) is 11.9 Å². The average Bonchev–Trinajstić information content (AvgIpc) is 3.67. The second kappa shape index (κ2) is 10.0. The molecule has 6 atom stereocenters. The molecule has 40 heavy (non-hydrogen) atoms. The third kappa shape index (κ3) is 4.99. The number of nitrogens with one attached hydrogen (secondary N) is 2. The molecule has 6 heterocycles. The zero-order valence-corrected chi connectivity index (χ0v) is 21.5. The SMILES string of the molecule is Nc1nc2c(ncn2[C@H]2CCC(COP(=O)(O)OCC3O[C@@H](n4cnc5c(=O)[nH]c(N)nc54)C[C@H]3O)O2)c(=O)[nH]1. The van der Waals surface area contributed by atoms with Crippen LogP contribution in [0.5, 0.6) is 0 Å². The van der Waals surface area contributed by atoms with Crippen molar-refractivity contribution < 1.29 is 33.1 Å². The van der Waals surface area contributed by atoms with Crippen LogP contribution in [0.2, 0.25) is 0 Å². The molecular formula is C20H25N10O9P. The van der Waals surface area contributed by atoms with Crippen molar-refractivity contribution in [3.8, 4) is 0 Å². The Hall–Kier alpha value is -3.71. The van der Waals surface area contributed by atoms with Crippen LogP contribution in [0.3, 0.4) is 0 Å². The molecule has 0 amide bonds. The number of aromatic amines is 2. The van der Waals surface area contributed by atoms with Crippen molar-refractivity contribution >= 4 is 42.0 Å². The Morgan fingerprint density at radius 1 is 0.950 bits per heavy atom. The molecule has 20 heteroatoms. The molecule has 214 valence electrons. The van der Waals surface area contributed by atoms with E-state index in [1.54, 1.807) is 4.57 Å². The van der Waals surface area contributed by atoms with Crippen molar-refractivity contribution in [3.05, 3.63) is 33.4 Å². The van der Waals surface area contributed by atoms with Crippen LogP contribution in [0.4, 0.5) is 11.9 Å². The van der Waals surface area contributed by atoms with Gasteiger partial charge in [-0.25, -0.2) is 14.5 Å². The van der Waals surface area contributed by atoms with Gasteiger partial charge in [0.25, 0.3) is 11.1 Å². The zero-order chi connectivity index (χ0) is 28.2. The molecule has 2 saturated heterocycles. The van der Waals surface area contributed by atoms with E-state index < -0.39 is 56.3 Å². The number of nitrogens with zero attached hydrogens (tertiary/aromatic N) is 6. The number of ether oxygens (including phenoxy) is 2. The second-order valence-electron chi connectivity index (χ2n) is 9.33. The lowest BCUT2D eigenvalue weighted by molar-refractivity contribution is -0.0490. The summed E-state index contributed by atoms with van der Waals surface area (Å²) in [6.07, 6.45) is -0.0873. The van der Waals surface area contributed by atoms with Crippen molar-refractivity contribution in [2.45, 2.75) is 50.0 Å². The van der Waals surface area contributed by atoms with Gasteiger partial charge >= 0.3 is 7.82 Å². The maximum Gasteiger partial charge on any atom is 0.472 e. The van der Waals surface area contributed by atoms with Gasteiger partial charge in [-0.15, -0.1) is 0 Å². The van der Waals surface area contributed by atoms with Gasteiger partial charge in [-0.2, -0.15) is 9.97 Å². The summed E-state index contributed by atoms with van der Waals surface area (Å²) in [5, 5.41) is 10.4. The van der Waals surface area contributed by atoms with Gasteiger partial charge in [0.15, 0.2) is 22.3 Å². The molecule has 0 aromatic carbocycles. The Morgan fingerprint density at radius 2 is 1.52 bits per heavy atom. The number of H-pyrrole nitrogens is 2. The van der Waals surface area contributed by atoms with E-state index in [2.05, 4.69) is 29.9 Å².